The van der Waals surface area contributed by atoms with Gasteiger partial charge in [-0.3, -0.25) is 9.69 Å². The molecule has 8 heteroatoms. The van der Waals surface area contributed by atoms with Crippen LogP contribution in [0.1, 0.15) is 19.4 Å². The number of thioether (sulfide) groups is 1. The van der Waals surface area contributed by atoms with E-state index in [1.54, 1.807) is 30.2 Å². The van der Waals surface area contributed by atoms with E-state index in [-0.39, 0.29) is 11.7 Å². The number of halogens is 1. The minimum Gasteiger partial charge on any atom is -0.504 e. The van der Waals surface area contributed by atoms with E-state index in [9.17, 15) is 9.90 Å². The summed E-state index contributed by atoms with van der Waals surface area (Å²) in [5.41, 5.74) is 1.48. The van der Waals surface area contributed by atoms with E-state index >= 15 is 0 Å². The van der Waals surface area contributed by atoms with Gasteiger partial charge in [0, 0.05) is 11.0 Å². The predicted octanol–water partition coefficient (Wildman–Crippen LogP) is 5.19. The number of ether oxygens (including phenoxy) is 2. The lowest BCUT2D eigenvalue weighted by Crippen LogP contribution is -2.28. The van der Waals surface area contributed by atoms with Crippen molar-refractivity contribution in [1.82, 2.24) is 4.90 Å². The molecule has 0 aromatic heterocycles. The van der Waals surface area contributed by atoms with Crippen molar-refractivity contribution in [3.05, 3.63) is 51.3 Å². The van der Waals surface area contributed by atoms with Gasteiger partial charge in [0.2, 0.25) is 0 Å². The van der Waals surface area contributed by atoms with Gasteiger partial charge in [-0.2, -0.15) is 0 Å². The van der Waals surface area contributed by atoms with Crippen LogP contribution in [0.15, 0.2) is 50.8 Å². The first-order valence-electron chi connectivity index (χ1n) is 9.06. The molecule has 152 valence electrons. The van der Waals surface area contributed by atoms with E-state index in [2.05, 4.69) is 20.9 Å². The largest absolute Gasteiger partial charge is 0.504 e. The summed E-state index contributed by atoms with van der Waals surface area (Å²) in [6.07, 6.45) is 1.78. The van der Waals surface area contributed by atoms with Crippen LogP contribution in [0.2, 0.25) is 0 Å². The predicted molar refractivity (Wildman–Crippen MR) is 120 cm³/mol. The zero-order chi connectivity index (χ0) is 21.0. The van der Waals surface area contributed by atoms with Crippen LogP contribution in [0.3, 0.4) is 0 Å². The Morgan fingerprint density at radius 1 is 1.24 bits per heavy atom. The quantitative estimate of drug-likeness (QED) is 0.581. The number of aliphatic imine (C=N–C) groups is 1. The van der Waals surface area contributed by atoms with Crippen LogP contribution < -0.4 is 9.47 Å². The number of carbonyl (C=O) groups excluding carboxylic acids is 1. The fraction of sp³-hybridized carbons (Fsp3) is 0.238. The number of carbonyl (C=O) groups is 1. The number of amides is 1. The lowest BCUT2D eigenvalue weighted by Gasteiger charge is -2.12. The van der Waals surface area contributed by atoms with Gasteiger partial charge in [0.25, 0.3) is 5.91 Å². The lowest BCUT2D eigenvalue weighted by atomic mass is 10.2. The number of phenols is 1. The van der Waals surface area contributed by atoms with Gasteiger partial charge in [-0.05, 0) is 73.6 Å². The highest BCUT2D eigenvalue weighted by molar-refractivity contribution is 9.10. The number of rotatable bonds is 6. The van der Waals surface area contributed by atoms with E-state index in [1.165, 1.54) is 11.8 Å². The Morgan fingerprint density at radius 2 is 1.97 bits per heavy atom. The fourth-order valence-electron chi connectivity index (χ4n) is 2.72. The average molecular weight is 477 g/mol. The van der Waals surface area contributed by atoms with Crippen LogP contribution in [0.25, 0.3) is 6.08 Å². The third-order valence-corrected chi connectivity index (χ3v) is 5.86. The number of methoxy groups -OCH3 is 1. The summed E-state index contributed by atoms with van der Waals surface area (Å²) < 4.78 is 11.3. The zero-order valence-electron chi connectivity index (χ0n) is 16.3. The Bertz CT molecular complexity index is 973. The van der Waals surface area contributed by atoms with Crippen molar-refractivity contribution < 1.29 is 19.4 Å². The van der Waals surface area contributed by atoms with Gasteiger partial charge in [0.1, 0.15) is 5.75 Å². The summed E-state index contributed by atoms with van der Waals surface area (Å²) in [6.45, 7) is 4.70. The van der Waals surface area contributed by atoms with Crippen LogP contribution in [-0.2, 0) is 4.79 Å². The second kappa shape index (κ2) is 9.37. The molecule has 1 N–H and O–H groups in total. The monoisotopic (exact) mass is 476 g/mol. The van der Waals surface area contributed by atoms with Gasteiger partial charge in [0.15, 0.2) is 16.7 Å². The highest BCUT2D eigenvalue weighted by atomic mass is 79.9. The normalized spacial score (nSPS) is 16.7. The van der Waals surface area contributed by atoms with Crippen molar-refractivity contribution in [3.63, 3.8) is 0 Å². The summed E-state index contributed by atoms with van der Waals surface area (Å²) in [5, 5.41) is 10.6. The van der Waals surface area contributed by atoms with Gasteiger partial charge in [0.05, 0.1) is 24.3 Å². The molecule has 0 bridgehead atoms. The van der Waals surface area contributed by atoms with E-state index in [1.807, 2.05) is 38.1 Å². The Kier molecular flexibility index (Phi) is 6.87. The Labute approximate surface area is 182 Å². The molecule has 1 saturated heterocycles. The summed E-state index contributed by atoms with van der Waals surface area (Å²) in [4.78, 5) is 19.7. The Balaban J connectivity index is 1.94. The zero-order valence-corrected chi connectivity index (χ0v) is 18.7. The molecule has 0 saturated carbocycles. The Morgan fingerprint density at radius 3 is 2.59 bits per heavy atom. The number of benzene rings is 2. The molecule has 0 aliphatic carbocycles. The van der Waals surface area contributed by atoms with E-state index in [0.717, 1.165) is 17.0 Å². The number of likely N-dealkylation sites (N-methyl/N-ethyl adjacent to an activating group) is 1. The maximum absolute atomic E-state index is 12.9. The van der Waals surface area contributed by atoms with Crippen LogP contribution >= 0.6 is 27.7 Å². The van der Waals surface area contributed by atoms with Gasteiger partial charge in [-0.25, -0.2) is 4.99 Å². The molecule has 2 aromatic carbocycles. The standard InChI is InChI=1S/C21H21BrN2O4S/c1-4-24-20(26)19(11-13-10-18(28-5-2)17(25)12-16(13)22)29-21(24)23-14-6-8-15(27-3)9-7-14/h6-12,25H,4-5H2,1-3H3/b19-11+,23-21?. The van der Waals surface area contributed by atoms with Crippen LogP contribution in [-0.4, -0.2) is 41.3 Å². The van der Waals surface area contributed by atoms with Gasteiger partial charge in [-0.15, -0.1) is 0 Å². The highest BCUT2D eigenvalue weighted by Gasteiger charge is 2.32. The number of hydrogen-bond acceptors (Lipinski definition) is 6. The van der Waals surface area contributed by atoms with E-state index < -0.39 is 0 Å². The molecule has 2 aromatic rings. The number of nitrogens with zero attached hydrogens (tertiary/aromatic N) is 2. The first kappa shape index (κ1) is 21.3. The molecule has 1 heterocycles. The van der Waals surface area contributed by atoms with E-state index in [0.29, 0.717) is 33.4 Å². The van der Waals surface area contributed by atoms with Crippen LogP contribution in [0, 0.1) is 0 Å². The molecule has 29 heavy (non-hydrogen) atoms. The molecule has 1 amide bonds. The molecular formula is C21H21BrN2O4S. The summed E-state index contributed by atoms with van der Waals surface area (Å²) in [7, 11) is 1.61. The smallest absolute Gasteiger partial charge is 0.266 e. The second-order valence-electron chi connectivity index (χ2n) is 6.03. The van der Waals surface area contributed by atoms with Crippen molar-refractivity contribution in [1.29, 1.82) is 0 Å². The summed E-state index contributed by atoms with van der Waals surface area (Å²) in [5.74, 6) is 1.06. The average Bonchev–Trinajstić information content (AvgIpc) is 3.00. The minimum atomic E-state index is -0.109. The van der Waals surface area contributed by atoms with Crippen LogP contribution in [0.4, 0.5) is 5.69 Å². The molecule has 0 atom stereocenters. The SMILES string of the molecule is CCOc1cc(/C=C2/SC(=Nc3ccc(OC)cc3)N(CC)C2=O)c(Br)cc1O. The fourth-order valence-corrected chi connectivity index (χ4v) is 4.22. The molecule has 1 fully saturated rings. The van der Waals surface area contributed by atoms with Crippen LogP contribution in [0.5, 0.6) is 17.2 Å². The third-order valence-electron chi connectivity index (χ3n) is 4.17. The van der Waals surface area contributed by atoms with Crippen molar-refractivity contribution >= 4 is 50.5 Å². The van der Waals surface area contributed by atoms with Gasteiger partial charge >= 0.3 is 0 Å². The second-order valence-corrected chi connectivity index (χ2v) is 7.89. The molecule has 0 unspecified atom stereocenters. The van der Waals surface area contributed by atoms with Crippen molar-refractivity contribution in [2.75, 3.05) is 20.3 Å². The first-order chi connectivity index (χ1) is 14.0. The van der Waals surface area contributed by atoms with Crippen molar-refractivity contribution in [3.8, 4) is 17.2 Å². The molecule has 1 aliphatic rings. The molecule has 6 nitrogen and oxygen atoms in total. The first-order valence-corrected chi connectivity index (χ1v) is 10.7. The minimum absolute atomic E-state index is 0.0446. The Hall–Kier alpha value is -2.45. The number of phenolic OH excluding ortho intramolecular Hbond substituents is 1. The number of hydrogen-bond donors (Lipinski definition) is 1. The molecule has 3 rings (SSSR count). The van der Waals surface area contributed by atoms with Crippen molar-refractivity contribution in [2.24, 2.45) is 4.99 Å². The molecular weight excluding hydrogens is 456 g/mol. The third kappa shape index (κ3) is 4.76. The molecule has 0 radical (unpaired) electrons. The highest BCUT2D eigenvalue weighted by Crippen LogP contribution is 2.38. The maximum Gasteiger partial charge on any atom is 0.266 e. The maximum atomic E-state index is 12.9. The van der Waals surface area contributed by atoms with E-state index in [4.69, 9.17) is 9.47 Å². The number of amidine groups is 1. The van der Waals surface area contributed by atoms with Crippen molar-refractivity contribution in [2.45, 2.75) is 13.8 Å². The summed E-state index contributed by atoms with van der Waals surface area (Å²) >= 11 is 4.75. The summed E-state index contributed by atoms with van der Waals surface area (Å²) in [6, 6.07) is 10.6. The lowest BCUT2D eigenvalue weighted by molar-refractivity contribution is -0.122. The molecule has 1 aliphatic heterocycles. The van der Waals surface area contributed by atoms with Gasteiger partial charge in [-0.1, -0.05) is 15.9 Å². The van der Waals surface area contributed by atoms with Gasteiger partial charge < -0.3 is 14.6 Å². The topological polar surface area (TPSA) is 71.4 Å². The molecule has 0 spiro atoms. The number of aromatic hydroxyl groups is 1.